The topological polar surface area (TPSA) is 81.4 Å². The van der Waals surface area contributed by atoms with Crippen LogP contribution in [0, 0.1) is 0 Å². The van der Waals surface area contributed by atoms with E-state index >= 15 is 0 Å². The van der Waals surface area contributed by atoms with Crippen molar-refractivity contribution in [1.82, 2.24) is 0 Å². The molecule has 0 unspecified atom stereocenters. The summed E-state index contributed by atoms with van der Waals surface area (Å²) in [5.74, 6) is -1.37. The summed E-state index contributed by atoms with van der Waals surface area (Å²) < 4.78 is 43.7. The van der Waals surface area contributed by atoms with Crippen LogP contribution < -0.4 is 15.8 Å². The van der Waals surface area contributed by atoms with E-state index in [1.54, 1.807) is 6.07 Å². The zero-order valence-electron chi connectivity index (χ0n) is 12.6. The number of hydrogen-bond donors (Lipinski definition) is 2. The van der Waals surface area contributed by atoms with Gasteiger partial charge >= 0.3 is 6.18 Å². The Balaban J connectivity index is 2.25. The summed E-state index contributed by atoms with van der Waals surface area (Å²) in [5, 5.41) is 1.86. The van der Waals surface area contributed by atoms with Crippen LogP contribution in [0.25, 0.3) is 0 Å². The van der Waals surface area contributed by atoms with Gasteiger partial charge in [-0.2, -0.15) is 13.2 Å². The smallest absolute Gasteiger partial charge is 0.417 e. The molecule has 5 nitrogen and oxygen atoms in total. The van der Waals surface area contributed by atoms with Gasteiger partial charge in [-0.1, -0.05) is 23.7 Å². The standard InChI is InChI=1S/C16H12ClF3N2O3/c17-12-6-5-9(7-11(12)16(18,19)20)22-15(24)10-3-1-2-4-13(10)25-8-14(21)23/h1-7H,8H2,(H2,21,23)(H,22,24). The molecule has 0 heterocycles. The molecule has 2 aromatic carbocycles. The fourth-order valence-corrected chi connectivity index (χ4v) is 2.17. The van der Waals surface area contributed by atoms with Crippen molar-refractivity contribution >= 4 is 29.1 Å². The van der Waals surface area contributed by atoms with Gasteiger partial charge in [-0.3, -0.25) is 9.59 Å². The van der Waals surface area contributed by atoms with E-state index in [2.05, 4.69) is 5.32 Å². The fraction of sp³-hybridized carbons (Fsp3) is 0.125. The minimum absolute atomic E-state index is 0.0345. The predicted molar refractivity (Wildman–Crippen MR) is 85.5 cm³/mol. The first-order chi connectivity index (χ1) is 11.7. The average Bonchev–Trinajstić information content (AvgIpc) is 2.54. The zero-order valence-corrected chi connectivity index (χ0v) is 13.3. The summed E-state index contributed by atoms with van der Waals surface area (Å²) in [6, 6.07) is 8.93. The molecule has 0 saturated carbocycles. The average molecular weight is 373 g/mol. The first-order valence-corrected chi connectivity index (χ1v) is 7.24. The molecule has 2 amide bonds. The number of benzene rings is 2. The van der Waals surface area contributed by atoms with Crippen LogP contribution in [0.2, 0.25) is 5.02 Å². The van der Waals surface area contributed by atoms with Crippen molar-refractivity contribution in [3.05, 3.63) is 58.6 Å². The summed E-state index contributed by atoms with van der Waals surface area (Å²) in [5.41, 5.74) is 3.86. The van der Waals surface area contributed by atoms with Gasteiger partial charge in [-0.05, 0) is 30.3 Å². The van der Waals surface area contributed by atoms with E-state index in [0.29, 0.717) is 0 Å². The molecule has 9 heteroatoms. The molecular formula is C16H12ClF3N2O3. The van der Waals surface area contributed by atoms with Crippen molar-refractivity contribution < 1.29 is 27.5 Å². The van der Waals surface area contributed by atoms with Crippen molar-refractivity contribution in [2.24, 2.45) is 5.73 Å². The number of primary amides is 1. The van der Waals surface area contributed by atoms with E-state index < -0.39 is 35.2 Å². The Morgan fingerprint density at radius 2 is 1.84 bits per heavy atom. The van der Waals surface area contributed by atoms with E-state index in [-0.39, 0.29) is 17.0 Å². The Morgan fingerprint density at radius 1 is 1.16 bits per heavy atom. The number of carbonyl (C=O) groups is 2. The maximum atomic E-state index is 12.9. The number of nitrogens with one attached hydrogen (secondary N) is 1. The first-order valence-electron chi connectivity index (χ1n) is 6.86. The molecule has 0 bridgehead atoms. The number of ether oxygens (including phenoxy) is 1. The van der Waals surface area contributed by atoms with Crippen molar-refractivity contribution in [2.75, 3.05) is 11.9 Å². The molecule has 25 heavy (non-hydrogen) atoms. The van der Waals surface area contributed by atoms with Crippen LogP contribution in [0.4, 0.5) is 18.9 Å². The van der Waals surface area contributed by atoms with Gasteiger partial charge in [0.1, 0.15) is 5.75 Å². The molecular weight excluding hydrogens is 361 g/mol. The Kier molecular flexibility index (Phi) is 5.53. The lowest BCUT2D eigenvalue weighted by Gasteiger charge is -2.13. The van der Waals surface area contributed by atoms with Gasteiger partial charge in [0.2, 0.25) is 0 Å². The molecule has 0 aliphatic rings. The molecule has 0 spiro atoms. The Hall–Kier alpha value is -2.74. The molecule has 2 rings (SSSR count). The number of carbonyl (C=O) groups excluding carboxylic acids is 2. The summed E-state index contributed by atoms with van der Waals surface area (Å²) in [4.78, 5) is 23.1. The molecule has 0 fully saturated rings. The van der Waals surface area contributed by atoms with Crippen LogP contribution in [0.15, 0.2) is 42.5 Å². The lowest BCUT2D eigenvalue weighted by Crippen LogP contribution is -2.21. The minimum atomic E-state index is -4.65. The second kappa shape index (κ2) is 7.43. The quantitative estimate of drug-likeness (QED) is 0.843. The molecule has 0 aliphatic heterocycles. The molecule has 0 saturated heterocycles. The fourth-order valence-electron chi connectivity index (χ4n) is 1.95. The van der Waals surface area contributed by atoms with Crippen molar-refractivity contribution in [2.45, 2.75) is 6.18 Å². The highest BCUT2D eigenvalue weighted by Crippen LogP contribution is 2.36. The van der Waals surface area contributed by atoms with Crippen LogP contribution in [-0.4, -0.2) is 18.4 Å². The number of para-hydroxylation sites is 1. The summed E-state index contributed by atoms with van der Waals surface area (Å²) in [6.45, 7) is -0.441. The molecule has 132 valence electrons. The Bertz CT molecular complexity index is 809. The first kappa shape index (κ1) is 18.6. The van der Waals surface area contributed by atoms with Crippen LogP contribution >= 0.6 is 11.6 Å². The maximum absolute atomic E-state index is 12.9. The van der Waals surface area contributed by atoms with Crippen LogP contribution in [0.3, 0.4) is 0 Å². The maximum Gasteiger partial charge on any atom is 0.417 e. The van der Waals surface area contributed by atoms with E-state index in [1.165, 1.54) is 24.3 Å². The predicted octanol–water partition coefficient (Wildman–Crippen LogP) is 3.48. The summed E-state index contributed by atoms with van der Waals surface area (Å²) in [7, 11) is 0. The van der Waals surface area contributed by atoms with Gasteiger partial charge in [-0.15, -0.1) is 0 Å². The van der Waals surface area contributed by atoms with Gasteiger partial charge in [-0.25, -0.2) is 0 Å². The van der Waals surface area contributed by atoms with E-state index in [0.717, 1.165) is 12.1 Å². The van der Waals surface area contributed by atoms with Crippen molar-refractivity contribution in [3.8, 4) is 5.75 Å². The number of halogens is 4. The third kappa shape index (κ3) is 4.87. The molecule has 2 aromatic rings. The lowest BCUT2D eigenvalue weighted by atomic mass is 10.1. The normalized spacial score (nSPS) is 11.0. The molecule has 0 aliphatic carbocycles. The number of nitrogens with two attached hydrogens (primary N) is 1. The highest BCUT2D eigenvalue weighted by Gasteiger charge is 2.33. The number of rotatable bonds is 5. The van der Waals surface area contributed by atoms with Gasteiger partial charge in [0.15, 0.2) is 6.61 Å². The van der Waals surface area contributed by atoms with Crippen LogP contribution in [-0.2, 0) is 11.0 Å². The van der Waals surface area contributed by atoms with E-state index in [4.69, 9.17) is 22.1 Å². The minimum Gasteiger partial charge on any atom is -0.483 e. The Morgan fingerprint density at radius 3 is 2.48 bits per heavy atom. The van der Waals surface area contributed by atoms with Crippen molar-refractivity contribution in [3.63, 3.8) is 0 Å². The van der Waals surface area contributed by atoms with Gasteiger partial charge in [0.05, 0.1) is 16.1 Å². The molecule has 0 atom stereocenters. The van der Waals surface area contributed by atoms with Gasteiger partial charge in [0.25, 0.3) is 11.8 Å². The number of alkyl halides is 3. The summed E-state index contributed by atoms with van der Waals surface area (Å²) >= 11 is 5.53. The summed E-state index contributed by atoms with van der Waals surface area (Å²) in [6.07, 6.45) is -4.65. The highest BCUT2D eigenvalue weighted by molar-refractivity contribution is 6.31. The van der Waals surface area contributed by atoms with Crippen LogP contribution in [0.5, 0.6) is 5.75 Å². The van der Waals surface area contributed by atoms with Crippen molar-refractivity contribution in [1.29, 1.82) is 0 Å². The number of anilines is 1. The van der Waals surface area contributed by atoms with Crippen LogP contribution in [0.1, 0.15) is 15.9 Å². The lowest BCUT2D eigenvalue weighted by molar-refractivity contribution is -0.137. The second-order valence-corrected chi connectivity index (χ2v) is 5.30. The Labute approximate surface area is 145 Å². The molecule has 0 aromatic heterocycles. The van der Waals surface area contributed by atoms with Gasteiger partial charge < -0.3 is 15.8 Å². The van der Waals surface area contributed by atoms with Gasteiger partial charge in [0, 0.05) is 5.69 Å². The molecule has 0 radical (unpaired) electrons. The zero-order chi connectivity index (χ0) is 18.6. The van der Waals surface area contributed by atoms with E-state index in [9.17, 15) is 22.8 Å². The second-order valence-electron chi connectivity index (χ2n) is 4.90. The largest absolute Gasteiger partial charge is 0.483 e. The SMILES string of the molecule is NC(=O)COc1ccccc1C(=O)Nc1ccc(Cl)c(C(F)(F)F)c1. The number of hydrogen-bond acceptors (Lipinski definition) is 3. The highest BCUT2D eigenvalue weighted by atomic mass is 35.5. The third-order valence-electron chi connectivity index (χ3n) is 3.03. The monoisotopic (exact) mass is 372 g/mol. The molecule has 3 N–H and O–H groups in total. The number of amides is 2. The third-order valence-corrected chi connectivity index (χ3v) is 3.36. The van der Waals surface area contributed by atoms with E-state index in [1.807, 2.05) is 0 Å².